The molecule has 16 heavy (non-hydrogen) atoms. The average Bonchev–Trinajstić information content (AvgIpc) is 2.29. The fourth-order valence-corrected chi connectivity index (χ4v) is 1.56. The Morgan fingerprint density at radius 1 is 1.38 bits per heavy atom. The number of methoxy groups -OCH3 is 1. The first-order valence-electron chi connectivity index (χ1n) is 4.60. The van der Waals surface area contributed by atoms with Gasteiger partial charge in [-0.15, -0.1) is 0 Å². The van der Waals surface area contributed by atoms with E-state index in [2.05, 4.69) is 9.97 Å². The molecule has 0 spiro atoms. The van der Waals surface area contributed by atoms with Crippen LogP contribution in [-0.4, -0.2) is 17.1 Å². The number of benzene rings is 1. The lowest BCUT2D eigenvalue weighted by atomic mass is 10.1. The molecule has 1 N–H and O–H groups in total. The number of halogens is 1. The van der Waals surface area contributed by atoms with Crippen LogP contribution < -0.4 is 10.4 Å². The predicted molar refractivity (Wildman–Crippen MR) is 61.9 cm³/mol. The van der Waals surface area contributed by atoms with Crippen molar-refractivity contribution in [3.63, 3.8) is 0 Å². The largest absolute Gasteiger partial charge is 0.495 e. The minimum Gasteiger partial charge on any atom is -0.495 e. The zero-order valence-corrected chi connectivity index (χ0v) is 9.28. The van der Waals surface area contributed by atoms with Crippen molar-refractivity contribution in [3.05, 3.63) is 46.0 Å². The number of ether oxygens (including phenoxy) is 1. The van der Waals surface area contributed by atoms with Crippen molar-refractivity contribution in [3.8, 4) is 17.0 Å². The molecule has 4 nitrogen and oxygen atoms in total. The molecule has 82 valence electrons. The molecule has 0 unspecified atom stereocenters. The van der Waals surface area contributed by atoms with Crippen LogP contribution in [0.25, 0.3) is 11.3 Å². The van der Waals surface area contributed by atoms with Gasteiger partial charge >= 0.3 is 5.69 Å². The summed E-state index contributed by atoms with van der Waals surface area (Å²) in [6.45, 7) is 0. The van der Waals surface area contributed by atoms with Crippen LogP contribution in [0.5, 0.6) is 5.75 Å². The van der Waals surface area contributed by atoms with Crippen LogP contribution in [0.15, 0.2) is 35.3 Å². The van der Waals surface area contributed by atoms with Gasteiger partial charge in [-0.3, -0.25) is 0 Å². The van der Waals surface area contributed by atoms with Crippen molar-refractivity contribution in [1.29, 1.82) is 0 Å². The van der Waals surface area contributed by atoms with Gasteiger partial charge in [0.2, 0.25) is 0 Å². The number of aromatic amines is 1. The summed E-state index contributed by atoms with van der Waals surface area (Å²) in [5.41, 5.74) is 1.11. The molecule has 0 atom stereocenters. The molecule has 2 aromatic rings. The Labute approximate surface area is 96.9 Å². The quantitative estimate of drug-likeness (QED) is 0.869. The summed E-state index contributed by atoms with van der Waals surface area (Å²) >= 11 is 5.91. The number of aromatic nitrogens is 2. The van der Waals surface area contributed by atoms with Gasteiger partial charge < -0.3 is 9.72 Å². The van der Waals surface area contributed by atoms with Crippen LogP contribution in [0, 0.1) is 0 Å². The van der Waals surface area contributed by atoms with Crippen molar-refractivity contribution >= 4 is 11.6 Å². The highest BCUT2D eigenvalue weighted by molar-refractivity contribution is 6.32. The van der Waals surface area contributed by atoms with E-state index in [0.29, 0.717) is 16.5 Å². The second-order valence-electron chi connectivity index (χ2n) is 3.14. The second kappa shape index (κ2) is 4.37. The van der Waals surface area contributed by atoms with Crippen molar-refractivity contribution in [2.45, 2.75) is 0 Å². The first-order chi connectivity index (χ1) is 7.70. The maximum Gasteiger partial charge on any atom is 0.345 e. The topological polar surface area (TPSA) is 55.0 Å². The van der Waals surface area contributed by atoms with Gasteiger partial charge in [0, 0.05) is 11.8 Å². The third-order valence-electron chi connectivity index (χ3n) is 2.14. The third-order valence-corrected chi connectivity index (χ3v) is 2.45. The Hall–Kier alpha value is -1.81. The molecule has 0 amide bonds. The lowest BCUT2D eigenvalue weighted by Gasteiger charge is -2.06. The van der Waals surface area contributed by atoms with Gasteiger partial charge in [0.1, 0.15) is 5.75 Å². The first kappa shape index (κ1) is 10.7. The highest BCUT2D eigenvalue weighted by Gasteiger charge is 2.04. The van der Waals surface area contributed by atoms with Gasteiger partial charge in [0.25, 0.3) is 0 Å². The van der Waals surface area contributed by atoms with Crippen LogP contribution in [0.1, 0.15) is 0 Å². The number of H-pyrrole nitrogens is 1. The van der Waals surface area contributed by atoms with Gasteiger partial charge in [-0.05, 0) is 18.2 Å². The summed E-state index contributed by atoms with van der Waals surface area (Å²) in [4.78, 5) is 17.2. The zero-order valence-electron chi connectivity index (χ0n) is 8.53. The summed E-state index contributed by atoms with van der Waals surface area (Å²) in [6.07, 6.45) is 1.45. The van der Waals surface area contributed by atoms with Gasteiger partial charge in [-0.1, -0.05) is 17.7 Å². The average molecular weight is 237 g/mol. The molecule has 0 saturated carbocycles. The molecule has 0 saturated heterocycles. The van der Waals surface area contributed by atoms with Gasteiger partial charge in [0.15, 0.2) is 0 Å². The Morgan fingerprint density at radius 3 is 2.88 bits per heavy atom. The minimum atomic E-state index is -0.383. The third kappa shape index (κ3) is 2.06. The maximum absolute atomic E-state index is 11.1. The van der Waals surface area contributed by atoms with E-state index in [1.165, 1.54) is 6.20 Å². The normalized spacial score (nSPS) is 10.1. The standard InChI is InChI=1S/C11H9ClN2O2/c1-16-10-6-7(2-3-8(10)12)9-4-5-13-11(15)14-9/h2-6H,1H3,(H,13,14,15). The van der Waals surface area contributed by atoms with E-state index < -0.39 is 0 Å². The minimum absolute atomic E-state index is 0.383. The van der Waals surface area contributed by atoms with Gasteiger partial charge in [-0.2, -0.15) is 0 Å². The Bertz CT molecular complexity index is 566. The lowest BCUT2D eigenvalue weighted by Crippen LogP contribution is -2.09. The van der Waals surface area contributed by atoms with Crippen LogP contribution >= 0.6 is 11.6 Å². The van der Waals surface area contributed by atoms with Crippen molar-refractivity contribution in [1.82, 2.24) is 9.97 Å². The van der Waals surface area contributed by atoms with Crippen LogP contribution in [-0.2, 0) is 0 Å². The fraction of sp³-hybridized carbons (Fsp3) is 0.0909. The molecule has 0 aliphatic carbocycles. The summed E-state index contributed by atoms with van der Waals surface area (Å²) in [7, 11) is 1.54. The Balaban J connectivity index is 2.52. The van der Waals surface area contributed by atoms with Gasteiger partial charge in [0.05, 0.1) is 17.8 Å². The maximum atomic E-state index is 11.1. The SMILES string of the molecule is COc1cc(-c2ccnc(=O)[nH]2)ccc1Cl. The number of nitrogens with zero attached hydrogens (tertiary/aromatic N) is 1. The van der Waals surface area contributed by atoms with Crippen LogP contribution in [0.2, 0.25) is 5.02 Å². The highest BCUT2D eigenvalue weighted by atomic mass is 35.5. The molecule has 1 aromatic heterocycles. The molecule has 0 aliphatic rings. The molecule has 1 heterocycles. The monoisotopic (exact) mass is 236 g/mol. The van der Waals surface area contributed by atoms with E-state index >= 15 is 0 Å². The van der Waals surface area contributed by atoms with Crippen molar-refractivity contribution in [2.24, 2.45) is 0 Å². The van der Waals surface area contributed by atoms with E-state index in [1.807, 2.05) is 0 Å². The number of nitrogens with one attached hydrogen (secondary N) is 1. The molecule has 0 aliphatic heterocycles. The summed E-state index contributed by atoms with van der Waals surface area (Å²) in [6, 6.07) is 6.99. The first-order valence-corrected chi connectivity index (χ1v) is 4.98. The van der Waals surface area contributed by atoms with E-state index in [0.717, 1.165) is 5.56 Å². The molecular formula is C11H9ClN2O2. The molecule has 0 radical (unpaired) electrons. The molecule has 1 aromatic carbocycles. The predicted octanol–water partition coefficient (Wildman–Crippen LogP) is 2.10. The molecule has 5 heteroatoms. The van der Waals surface area contributed by atoms with Gasteiger partial charge in [-0.25, -0.2) is 9.78 Å². The Morgan fingerprint density at radius 2 is 2.19 bits per heavy atom. The Kier molecular flexibility index (Phi) is 2.92. The summed E-state index contributed by atoms with van der Waals surface area (Å²) in [5, 5.41) is 0.530. The number of hydrogen-bond donors (Lipinski definition) is 1. The second-order valence-corrected chi connectivity index (χ2v) is 3.55. The van der Waals surface area contributed by atoms with E-state index in [4.69, 9.17) is 16.3 Å². The smallest absolute Gasteiger partial charge is 0.345 e. The fourth-order valence-electron chi connectivity index (χ4n) is 1.36. The molecule has 2 rings (SSSR count). The summed E-state index contributed by atoms with van der Waals surface area (Å²) < 4.78 is 5.10. The van der Waals surface area contributed by atoms with Crippen molar-refractivity contribution < 1.29 is 4.74 Å². The van der Waals surface area contributed by atoms with E-state index in [1.54, 1.807) is 31.4 Å². The number of hydrogen-bond acceptors (Lipinski definition) is 3. The molecule has 0 fully saturated rings. The van der Waals surface area contributed by atoms with Crippen LogP contribution in [0.3, 0.4) is 0 Å². The van der Waals surface area contributed by atoms with E-state index in [9.17, 15) is 4.79 Å². The van der Waals surface area contributed by atoms with Crippen LogP contribution in [0.4, 0.5) is 0 Å². The molecular weight excluding hydrogens is 228 g/mol. The highest BCUT2D eigenvalue weighted by Crippen LogP contribution is 2.28. The van der Waals surface area contributed by atoms with E-state index in [-0.39, 0.29) is 5.69 Å². The molecule has 0 bridgehead atoms. The number of rotatable bonds is 2. The lowest BCUT2D eigenvalue weighted by molar-refractivity contribution is 0.415. The summed E-state index contributed by atoms with van der Waals surface area (Å²) in [5.74, 6) is 0.567. The zero-order chi connectivity index (χ0) is 11.5. The van der Waals surface area contributed by atoms with Crippen molar-refractivity contribution in [2.75, 3.05) is 7.11 Å².